The molecule has 1 heterocycles. The van der Waals surface area contributed by atoms with E-state index in [1.807, 2.05) is 12.1 Å². The van der Waals surface area contributed by atoms with E-state index in [1.165, 1.54) is 7.05 Å². The van der Waals surface area contributed by atoms with Crippen molar-refractivity contribution < 1.29 is 13.2 Å². The van der Waals surface area contributed by atoms with Gasteiger partial charge in [-0.2, -0.15) is 11.8 Å². The third-order valence-corrected chi connectivity index (χ3v) is 5.85. The highest BCUT2D eigenvalue weighted by molar-refractivity contribution is 7.99. The van der Waals surface area contributed by atoms with Gasteiger partial charge in [-0.1, -0.05) is 23.7 Å². The van der Waals surface area contributed by atoms with Crippen molar-refractivity contribution in [2.24, 2.45) is 0 Å². The Balaban J connectivity index is 2.19. The first-order chi connectivity index (χ1) is 9.93. The summed E-state index contributed by atoms with van der Waals surface area (Å²) in [6, 6.07) is 7.21. The Kier molecular flexibility index (Phi) is 5.54. The highest BCUT2D eigenvalue weighted by atomic mass is 35.5. The van der Waals surface area contributed by atoms with Gasteiger partial charge in [0.05, 0.1) is 6.04 Å². The van der Waals surface area contributed by atoms with E-state index < -0.39 is 15.8 Å². The normalized spacial score (nSPS) is 19.5. The zero-order valence-corrected chi connectivity index (χ0v) is 14.0. The van der Waals surface area contributed by atoms with Crippen LogP contribution in [0.1, 0.15) is 11.6 Å². The highest BCUT2D eigenvalue weighted by Crippen LogP contribution is 2.30. The molecule has 0 aromatic heterocycles. The van der Waals surface area contributed by atoms with E-state index in [0.29, 0.717) is 11.6 Å². The van der Waals surface area contributed by atoms with Crippen LogP contribution in [0, 0.1) is 0 Å². The molecule has 1 aliphatic heterocycles. The van der Waals surface area contributed by atoms with E-state index in [9.17, 15) is 13.2 Å². The van der Waals surface area contributed by atoms with Crippen LogP contribution in [0.2, 0.25) is 5.02 Å². The summed E-state index contributed by atoms with van der Waals surface area (Å²) in [6.45, 7) is 0.552. The number of benzene rings is 1. The van der Waals surface area contributed by atoms with Crippen molar-refractivity contribution in [2.45, 2.75) is 6.04 Å². The van der Waals surface area contributed by atoms with E-state index in [4.69, 9.17) is 11.6 Å². The van der Waals surface area contributed by atoms with Crippen molar-refractivity contribution in [2.75, 3.05) is 30.9 Å². The predicted octanol–water partition coefficient (Wildman–Crippen LogP) is 1.51. The maximum atomic E-state index is 12.3. The zero-order valence-electron chi connectivity index (χ0n) is 11.6. The lowest BCUT2D eigenvalue weighted by Gasteiger charge is -2.35. The maximum Gasteiger partial charge on any atom is 0.239 e. The number of amides is 1. The fourth-order valence-corrected chi connectivity index (χ4v) is 4.03. The molecule has 1 saturated heterocycles. The molecule has 0 aliphatic carbocycles. The first kappa shape index (κ1) is 16.6. The van der Waals surface area contributed by atoms with Gasteiger partial charge in [-0.3, -0.25) is 4.79 Å². The average Bonchev–Trinajstić information content (AvgIpc) is 2.47. The number of rotatable bonds is 4. The summed E-state index contributed by atoms with van der Waals surface area (Å²) < 4.78 is 25.3. The standard InChI is InChI=1S/C13H17ClN2O3S2/c1-15-21(18,19)9-13(17)16-6-7-20-8-12(16)10-2-4-11(14)5-3-10/h2-5,12,15H,6-9H2,1H3/t12-/m0/s1. The van der Waals surface area contributed by atoms with E-state index in [2.05, 4.69) is 4.72 Å². The molecule has 1 atom stereocenters. The van der Waals surface area contributed by atoms with Crippen LogP contribution in [-0.4, -0.2) is 50.1 Å². The summed E-state index contributed by atoms with van der Waals surface area (Å²) in [5.74, 6) is 0.685. The van der Waals surface area contributed by atoms with Gasteiger partial charge in [0.15, 0.2) is 0 Å². The quantitative estimate of drug-likeness (QED) is 0.895. The van der Waals surface area contributed by atoms with Crippen molar-refractivity contribution in [1.82, 2.24) is 9.62 Å². The number of nitrogens with one attached hydrogen (secondary N) is 1. The Labute approximate surface area is 134 Å². The van der Waals surface area contributed by atoms with Crippen molar-refractivity contribution >= 4 is 39.3 Å². The monoisotopic (exact) mass is 348 g/mol. The van der Waals surface area contributed by atoms with Gasteiger partial charge in [0.2, 0.25) is 15.9 Å². The van der Waals surface area contributed by atoms with Gasteiger partial charge in [0.1, 0.15) is 5.75 Å². The van der Waals surface area contributed by atoms with Crippen LogP contribution in [0.25, 0.3) is 0 Å². The number of carbonyl (C=O) groups excluding carboxylic acids is 1. The Hall–Kier alpha value is -0.760. The molecule has 0 unspecified atom stereocenters. The maximum absolute atomic E-state index is 12.3. The molecule has 0 radical (unpaired) electrons. The highest BCUT2D eigenvalue weighted by Gasteiger charge is 2.30. The topological polar surface area (TPSA) is 66.5 Å². The number of halogens is 1. The predicted molar refractivity (Wildman–Crippen MR) is 86.1 cm³/mol. The summed E-state index contributed by atoms with van der Waals surface area (Å²) in [5, 5.41) is 0.637. The van der Waals surface area contributed by atoms with Crippen molar-refractivity contribution in [3.8, 4) is 0 Å². The number of nitrogens with zero attached hydrogens (tertiary/aromatic N) is 1. The molecule has 0 saturated carbocycles. The second-order valence-electron chi connectivity index (χ2n) is 4.69. The van der Waals surface area contributed by atoms with Crippen LogP contribution >= 0.6 is 23.4 Å². The number of thioether (sulfide) groups is 1. The summed E-state index contributed by atoms with van der Waals surface area (Å²) in [4.78, 5) is 13.9. The molecule has 1 aromatic rings. The molecule has 8 heteroatoms. The molecule has 0 bridgehead atoms. The van der Waals surface area contributed by atoms with Crippen molar-refractivity contribution in [3.05, 3.63) is 34.9 Å². The number of hydrogen-bond donors (Lipinski definition) is 1. The number of hydrogen-bond acceptors (Lipinski definition) is 4. The lowest BCUT2D eigenvalue weighted by atomic mass is 10.1. The van der Waals surface area contributed by atoms with Gasteiger partial charge < -0.3 is 4.90 Å². The molecular formula is C13H17ClN2O3S2. The lowest BCUT2D eigenvalue weighted by Crippen LogP contribution is -2.44. The van der Waals surface area contributed by atoms with Crippen molar-refractivity contribution in [3.63, 3.8) is 0 Å². The third-order valence-electron chi connectivity index (χ3n) is 3.33. The Morgan fingerprint density at radius 2 is 2.10 bits per heavy atom. The van der Waals surface area contributed by atoms with Gasteiger partial charge in [0, 0.05) is 23.1 Å². The van der Waals surface area contributed by atoms with Gasteiger partial charge in [-0.05, 0) is 24.7 Å². The van der Waals surface area contributed by atoms with Crippen LogP contribution in [-0.2, 0) is 14.8 Å². The average molecular weight is 349 g/mol. The molecule has 21 heavy (non-hydrogen) atoms. The van der Waals surface area contributed by atoms with E-state index >= 15 is 0 Å². The van der Waals surface area contributed by atoms with Crippen LogP contribution in [0.15, 0.2) is 24.3 Å². The number of carbonyl (C=O) groups is 1. The fraction of sp³-hybridized carbons (Fsp3) is 0.462. The first-order valence-electron chi connectivity index (χ1n) is 6.47. The minimum atomic E-state index is -3.55. The second-order valence-corrected chi connectivity index (χ2v) is 8.21. The smallest absolute Gasteiger partial charge is 0.239 e. The van der Waals surface area contributed by atoms with Crippen LogP contribution in [0.5, 0.6) is 0 Å². The molecule has 5 nitrogen and oxygen atoms in total. The molecule has 1 N–H and O–H groups in total. The third kappa shape index (κ3) is 4.35. The molecule has 1 aromatic carbocycles. The van der Waals surface area contributed by atoms with E-state index in [0.717, 1.165) is 17.1 Å². The second kappa shape index (κ2) is 7.00. The largest absolute Gasteiger partial charge is 0.333 e. The summed E-state index contributed by atoms with van der Waals surface area (Å²) in [7, 11) is -2.24. The number of sulfonamides is 1. The van der Waals surface area contributed by atoms with Crippen molar-refractivity contribution in [1.29, 1.82) is 0 Å². The first-order valence-corrected chi connectivity index (χ1v) is 9.65. The summed E-state index contributed by atoms with van der Waals surface area (Å²) in [6.07, 6.45) is 0. The van der Waals surface area contributed by atoms with Crippen LogP contribution < -0.4 is 4.72 Å². The molecular weight excluding hydrogens is 332 g/mol. The summed E-state index contributed by atoms with van der Waals surface area (Å²) >= 11 is 7.64. The zero-order chi connectivity index (χ0) is 15.5. The molecule has 0 spiro atoms. The lowest BCUT2D eigenvalue weighted by molar-refractivity contribution is -0.130. The van der Waals surface area contributed by atoms with E-state index in [-0.39, 0.29) is 11.9 Å². The Bertz CT molecular complexity index is 604. The molecule has 1 aliphatic rings. The van der Waals surface area contributed by atoms with Gasteiger partial charge in [-0.25, -0.2) is 13.1 Å². The van der Waals surface area contributed by atoms with E-state index in [1.54, 1.807) is 28.8 Å². The minimum absolute atomic E-state index is 0.111. The van der Waals surface area contributed by atoms with Crippen LogP contribution in [0.3, 0.4) is 0 Å². The fourth-order valence-electron chi connectivity index (χ4n) is 2.18. The minimum Gasteiger partial charge on any atom is -0.333 e. The molecule has 116 valence electrons. The van der Waals surface area contributed by atoms with Gasteiger partial charge in [-0.15, -0.1) is 0 Å². The molecule has 1 fully saturated rings. The van der Waals surface area contributed by atoms with Crippen LogP contribution in [0.4, 0.5) is 0 Å². The summed E-state index contributed by atoms with van der Waals surface area (Å²) in [5.41, 5.74) is 0.974. The van der Waals surface area contributed by atoms with Gasteiger partial charge >= 0.3 is 0 Å². The Morgan fingerprint density at radius 1 is 1.43 bits per heavy atom. The SMILES string of the molecule is CNS(=O)(=O)CC(=O)N1CCSC[C@H]1c1ccc(Cl)cc1. The molecule has 1 amide bonds. The van der Waals surface area contributed by atoms with Gasteiger partial charge in [0.25, 0.3) is 0 Å². The Morgan fingerprint density at radius 3 is 2.71 bits per heavy atom. The molecule has 2 rings (SSSR count).